The molecular weight excluding hydrogens is 295 g/mol. The summed E-state index contributed by atoms with van der Waals surface area (Å²) < 4.78 is 13.8. The fourth-order valence-electron chi connectivity index (χ4n) is 2.44. The normalized spacial score (nSPS) is 11.0. The van der Waals surface area contributed by atoms with Gasteiger partial charge in [-0.1, -0.05) is 24.3 Å². The number of nitrogens with zero attached hydrogens (tertiary/aromatic N) is 2. The van der Waals surface area contributed by atoms with Gasteiger partial charge in [-0.3, -0.25) is 4.79 Å². The molecule has 5 nitrogen and oxygen atoms in total. The lowest BCUT2D eigenvalue weighted by Gasteiger charge is -2.05. The van der Waals surface area contributed by atoms with E-state index in [1.807, 2.05) is 36.5 Å². The van der Waals surface area contributed by atoms with Gasteiger partial charge in [0.05, 0.1) is 11.3 Å². The molecule has 0 fully saturated rings. The molecule has 0 aliphatic rings. The van der Waals surface area contributed by atoms with Crippen LogP contribution in [0.2, 0.25) is 0 Å². The van der Waals surface area contributed by atoms with Crippen LogP contribution < -0.4 is 11.1 Å². The van der Waals surface area contributed by atoms with Crippen LogP contribution in [-0.4, -0.2) is 28.9 Å². The van der Waals surface area contributed by atoms with Gasteiger partial charge in [0, 0.05) is 24.7 Å². The molecule has 0 bridgehead atoms. The van der Waals surface area contributed by atoms with Crippen molar-refractivity contribution in [2.75, 3.05) is 13.2 Å². The van der Waals surface area contributed by atoms with Crippen LogP contribution in [0.25, 0.3) is 16.6 Å². The smallest absolute Gasteiger partial charge is 0.250 e. The van der Waals surface area contributed by atoms with Crippen LogP contribution in [0.5, 0.6) is 0 Å². The first-order chi connectivity index (χ1) is 11.2. The Bertz CT molecular complexity index is 826. The average molecular weight is 312 g/mol. The number of alkyl halides is 1. The van der Waals surface area contributed by atoms with Gasteiger partial charge in [0.25, 0.3) is 5.91 Å². The molecule has 0 atom stereocenters. The molecular formula is C17H17FN4O. The quantitative estimate of drug-likeness (QED) is 0.685. The van der Waals surface area contributed by atoms with Crippen LogP contribution in [0.1, 0.15) is 15.9 Å². The molecule has 0 radical (unpaired) electrons. The molecule has 3 aromatic rings. The van der Waals surface area contributed by atoms with Crippen molar-refractivity contribution >= 4 is 16.8 Å². The van der Waals surface area contributed by atoms with Gasteiger partial charge in [-0.05, 0) is 23.8 Å². The van der Waals surface area contributed by atoms with Crippen molar-refractivity contribution in [2.24, 2.45) is 5.73 Å². The van der Waals surface area contributed by atoms with E-state index in [0.29, 0.717) is 24.2 Å². The third-order valence-corrected chi connectivity index (χ3v) is 3.60. The number of hydrogen-bond donors (Lipinski definition) is 2. The number of fused-ring (bicyclic) bond motifs is 1. The van der Waals surface area contributed by atoms with E-state index in [1.54, 1.807) is 16.8 Å². The van der Waals surface area contributed by atoms with E-state index in [0.717, 1.165) is 16.6 Å². The summed E-state index contributed by atoms with van der Waals surface area (Å²) in [7, 11) is 0. The van der Waals surface area contributed by atoms with Crippen LogP contribution in [-0.2, 0) is 6.54 Å². The maximum absolute atomic E-state index is 12.1. The van der Waals surface area contributed by atoms with E-state index in [-0.39, 0.29) is 6.67 Å². The highest BCUT2D eigenvalue weighted by Crippen LogP contribution is 2.19. The van der Waals surface area contributed by atoms with E-state index in [2.05, 4.69) is 10.4 Å². The van der Waals surface area contributed by atoms with Crippen molar-refractivity contribution in [1.82, 2.24) is 15.1 Å². The largest absolute Gasteiger partial charge is 0.366 e. The van der Waals surface area contributed by atoms with E-state index in [9.17, 15) is 9.18 Å². The number of benzene rings is 2. The Morgan fingerprint density at radius 1 is 1.22 bits per heavy atom. The molecule has 1 heterocycles. The monoisotopic (exact) mass is 312 g/mol. The Labute approximate surface area is 132 Å². The van der Waals surface area contributed by atoms with E-state index >= 15 is 0 Å². The molecule has 1 aromatic heterocycles. The lowest BCUT2D eigenvalue weighted by Crippen LogP contribution is -2.15. The Morgan fingerprint density at radius 3 is 2.70 bits per heavy atom. The number of nitrogens with one attached hydrogen (secondary N) is 1. The SMILES string of the molecule is NC(=O)c1cccc2cn(-c3ccc(CNCCF)cc3)nc12. The number of carbonyl (C=O) groups excluding carboxylic acids is 1. The number of halogens is 1. The fourth-order valence-corrected chi connectivity index (χ4v) is 2.44. The minimum atomic E-state index is -0.491. The Hall–Kier alpha value is -2.73. The Kier molecular flexibility index (Phi) is 4.34. The maximum atomic E-state index is 12.1. The molecule has 2 aromatic carbocycles. The molecule has 6 heteroatoms. The van der Waals surface area contributed by atoms with Gasteiger partial charge in [0.1, 0.15) is 12.2 Å². The molecule has 0 spiro atoms. The molecule has 0 aliphatic carbocycles. The first kappa shape index (κ1) is 15.2. The highest BCUT2D eigenvalue weighted by atomic mass is 19.1. The van der Waals surface area contributed by atoms with Gasteiger partial charge < -0.3 is 11.1 Å². The van der Waals surface area contributed by atoms with Crippen molar-refractivity contribution in [1.29, 1.82) is 0 Å². The number of amides is 1. The summed E-state index contributed by atoms with van der Waals surface area (Å²) in [6, 6.07) is 13.1. The van der Waals surface area contributed by atoms with Crippen molar-refractivity contribution in [3.05, 3.63) is 59.8 Å². The van der Waals surface area contributed by atoms with Crippen molar-refractivity contribution in [3.63, 3.8) is 0 Å². The number of aromatic nitrogens is 2. The zero-order valence-electron chi connectivity index (χ0n) is 12.5. The predicted octanol–water partition coefficient (Wildman–Crippen LogP) is 2.18. The molecule has 3 N–H and O–H groups in total. The standard InChI is InChI=1S/C17H17FN4O/c18-8-9-20-10-12-4-6-14(7-5-12)22-11-13-2-1-3-15(17(19)23)16(13)21-22/h1-7,11,20H,8-10H2,(H2,19,23). The maximum Gasteiger partial charge on any atom is 0.250 e. The minimum Gasteiger partial charge on any atom is -0.366 e. The van der Waals surface area contributed by atoms with E-state index < -0.39 is 5.91 Å². The number of rotatable bonds is 6. The van der Waals surface area contributed by atoms with Gasteiger partial charge in [-0.15, -0.1) is 0 Å². The summed E-state index contributed by atoms with van der Waals surface area (Å²) in [6.45, 7) is 0.597. The third kappa shape index (κ3) is 3.22. The van der Waals surface area contributed by atoms with Crippen LogP contribution >= 0.6 is 0 Å². The number of carbonyl (C=O) groups is 1. The molecule has 0 aliphatic heterocycles. The lowest BCUT2D eigenvalue weighted by molar-refractivity contribution is 0.100. The van der Waals surface area contributed by atoms with Crippen LogP contribution in [0.4, 0.5) is 4.39 Å². The highest BCUT2D eigenvalue weighted by molar-refractivity contribution is 6.04. The molecule has 118 valence electrons. The molecule has 23 heavy (non-hydrogen) atoms. The van der Waals surface area contributed by atoms with Crippen molar-refractivity contribution < 1.29 is 9.18 Å². The summed E-state index contributed by atoms with van der Waals surface area (Å²) >= 11 is 0. The van der Waals surface area contributed by atoms with Crippen molar-refractivity contribution in [3.8, 4) is 5.69 Å². The number of primary amides is 1. The van der Waals surface area contributed by atoms with Gasteiger partial charge >= 0.3 is 0 Å². The van der Waals surface area contributed by atoms with Crippen LogP contribution in [0.3, 0.4) is 0 Å². The van der Waals surface area contributed by atoms with E-state index in [1.165, 1.54) is 0 Å². The average Bonchev–Trinajstić information content (AvgIpc) is 2.99. The summed E-state index contributed by atoms with van der Waals surface area (Å²) in [4.78, 5) is 11.5. The first-order valence-corrected chi connectivity index (χ1v) is 7.33. The van der Waals surface area contributed by atoms with Crippen LogP contribution in [0.15, 0.2) is 48.7 Å². The second kappa shape index (κ2) is 6.58. The molecule has 0 unspecified atom stereocenters. The lowest BCUT2D eigenvalue weighted by atomic mass is 10.1. The van der Waals surface area contributed by atoms with Gasteiger partial charge in [-0.25, -0.2) is 9.07 Å². The summed E-state index contributed by atoms with van der Waals surface area (Å²) in [5.74, 6) is -0.491. The molecule has 1 amide bonds. The third-order valence-electron chi connectivity index (χ3n) is 3.60. The second-order valence-corrected chi connectivity index (χ2v) is 5.21. The molecule has 0 saturated heterocycles. The Balaban J connectivity index is 1.88. The summed E-state index contributed by atoms with van der Waals surface area (Å²) in [5.41, 5.74) is 8.33. The second-order valence-electron chi connectivity index (χ2n) is 5.21. The number of hydrogen-bond acceptors (Lipinski definition) is 3. The highest BCUT2D eigenvalue weighted by Gasteiger charge is 2.10. The Morgan fingerprint density at radius 2 is 2.00 bits per heavy atom. The molecule has 0 saturated carbocycles. The van der Waals surface area contributed by atoms with Gasteiger partial charge in [-0.2, -0.15) is 5.10 Å². The van der Waals surface area contributed by atoms with Gasteiger partial charge in [0.2, 0.25) is 0 Å². The summed E-state index contributed by atoms with van der Waals surface area (Å²) in [6.07, 6.45) is 1.86. The van der Waals surface area contributed by atoms with Crippen molar-refractivity contribution in [2.45, 2.75) is 6.54 Å². The van der Waals surface area contributed by atoms with Crippen LogP contribution in [0, 0.1) is 0 Å². The van der Waals surface area contributed by atoms with E-state index in [4.69, 9.17) is 5.73 Å². The van der Waals surface area contributed by atoms with Gasteiger partial charge in [0.15, 0.2) is 0 Å². The summed E-state index contributed by atoms with van der Waals surface area (Å²) in [5, 5.41) is 8.32. The predicted molar refractivity (Wildman–Crippen MR) is 87.3 cm³/mol. The fraction of sp³-hybridized carbons (Fsp3) is 0.176. The zero-order valence-corrected chi connectivity index (χ0v) is 12.5. The topological polar surface area (TPSA) is 72.9 Å². The zero-order chi connectivity index (χ0) is 16.2. The number of nitrogens with two attached hydrogens (primary N) is 1. The minimum absolute atomic E-state index is 0.349. The molecule has 3 rings (SSSR count). The first-order valence-electron chi connectivity index (χ1n) is 7.33.